The summed E-state index contributed by atoms with van der Waals surface area (Å²) in [6.07, 6.45) is 4.06. The monoisotopic (exact) mass is 225 g/mol. The zero-order valence-electron chi connectivity index (χ0n) is 9.83. The van der Waals surface area contributed by atoms with Gasteiger partial charge in [-0.05, 0) is 26.3 Å². The van der Waals surface area contributed by atoms with E-state index in [0.29, 0.717) is 19.5 Å². The molecular weight excluding hydrogens is 206 g/mol. The summed E-state index contributed by atoms with van der Waals surface area (Å²) in [4.78, 5) is 13.8. The quantitative estimate of drug-likeness (QED) is 0.774. The minimum atomic E-state index is -0.284. The minimum Gasteiger partial charge on any atom is -0.396 e. The first-order valence-electron chi connectivity index (χ1n) is 5.59. The summed E-state index contributed by atoms with van der Waals surface area (Å²) < 4.78 is 1.64. The van der Waals surface area contributed by atoms with Gasteiger partial charge in [0.05, 0.1) is 0 Å². The van der Waals surface area contributed by atoms with Gasteiger partial charge in [0.1, 0.15) is 6.04 Å². The summed E-state index contributed by atoms with van der Waals surface area (Å²) in [5, 5.41) is 12.8. The maximum Gasteiger partial charge on any atom is 0.247 e. The summed E-state index contributed by atoms with van der Waals surface area (Å²) in [5.74, 6) is 0.0413. The number of aliphatic hydroxyl groups is 1. The number of nitrogens with zero attached hydrogens (tertiary/aromatic N) is 3. The molecular formula is C11H19N3O2. The molecule has 1 heterocycles. The van der Waals surface area contributed by atoms with Crippen molar-refractivity contribution in [3.05, 3.63) is 18.5 Å². The molecule has 0 fully saturated rings. The van der Waals surface area contributed by atoms with Crippen LogP contribution in [0.15, 0.2) is 18.5 Å². The van der Waals surface area contributed by atoms with E-state index < -0.39 is 0 Å². The number of aromatic nitrogens is 2. The van der Waals surface area contributed by atoms with E-state index >= 15 is 0 Å². The Morgan fingerprint density at radius 3 is 2.88 bits per heavy atom. The summed E-state index contributed by atoms with van der Waals surface area (Å²) in [6, 6.07) is 1.52. The summed E-state index contributed by atoms with van der Waals surface area (Å²) >= 11 is 0. The molecule has 0 aromatic carbocycles. The van der Waals surface area contributed by atoms with Gasteiger partial charge in [-0.15, -0.1) is 0 Å². The third kappa shape index (κ3) is 3.06. The van der Waals surface area contributed by atoms with E-state index in [2.05, 4.69) is 5.10 Å². The van der Waals surface area contributed by atoms with Crippen molar-refractivity contribution < 1.29 is 9.90 Å². The van der Waals surface area contributed by atoms with Crippen LogP contribution in [0.3, 0.4) is 0 Å². The molecule has 0 aliphatic carbocycles. The Balaban J connectivity index is 2.60. The second-order valence-corrected chi connectivity index (χ2v) is 3.66. The van der Waals surface area contributed by atoms with E-state index in [1.165, 1.54) is 0 Å². The van der Waals surface area contributed by atoms with Crippen LogP contribution >= 0.6 is 0 Å². The van der Waals surface area contributed by atoms with Crippen LogP contribution in [0.5, 0.6) is 0 Å². The second kappa shape index (κ2) is 6.27. The number of carbonyl (C=O) groups is 1. The van der Waals surface area contributed by atoms with Gasteiger partial charge in [-0.1, -0.05) is 0 Å². The average Bonchev–Trinajstić information content (AvgIpc) is 2.82. The first-order chi connectivity index (χ1) is 7.70. The lowest BCUT2D eigenvalue weighted by atomic mass is 10.2. The molecule has 1 amide bonds. The molecule has 1 N–H and O–H groups in total. The van der Waals surface area contributed by atoms with Crippen LogP contribution in [-0.2, 0) is 4.79 Å². The van der Waals surface area contributed by atoms with Crippen LogP contribution in [0.2, 0.25) is 0 Å². The van der Waals surface area contributed by atoms with Crippen LogP contribution in [0.4, 0.5) is 0 Å². The smallest absolute Gasteiger partial charge is 0.247 e. The van der Waals surface area contributed by atoms with Crippen molar-refractivity contribution >= 4 is 5.91 Å². The Morgan fingerprint density at radius 1 is 1.62 bits per heavy atom. The number of hydrogen-bond acceptors (Lipinski definition) is 3. The van der Waals surface area contributed by atoms with E-state index in [9.17, 15) is 4.79 Å². The number of rotatable bonds is 6. The summed E-state index contributed by atoms with van der Waals surface area (Å²) in [7, 11) is 0. The van der Waals surface area contributed by atoms with E-state index in [1.807, 2.05) is 13.8 Å². The molecule has 1 rings (SSSR count). The number of aliphatic hydroxyl groups excluding tert-OH is 1. The van der Waals surface area contributed by atoms with Gasteiger partial charge in [-0.25, -0.2) is 0 Å². The molecule has 0 spiro atoms. The SMILES string of the molecule is CCN(CCCO)C(=O)C(C)n1cccn1. The number of carbonyl (C=O) groups excluding carboxylic acids is 1. The van der Waals surface area contributed by atoms with Crippen molar-refractivity contribution in [1.82, 2.24) is 14.7 Å². The topological polar surface area (TPSA) is 58.4 Å². The highest BCUT2D eigenvalue weighted by molar-refractivity contribution is 5.79. The zero-order chi connectivity index (χ0) is 12.0. The highest BCUT2D eigenvalue weighted by atomic mass is 16.3. The Kier molecular flexibility index (Phi) is 4.98. The largest absolute Gasteiger partial charge is 0.396 e. The zero-order valence-corrected chi connectivity index (χ0v) is 9.83. The van der Waals surface area contributed by atoms with Gasteiger partial charge in [0.2, 0.25) is 5.91 Å². The third-order valence-corrected chi connectivity index (χ3v) is 2.56. The highest BCUT2D eigenvalue weighted by Crippen LogP contribution is 2.08. The molecule has 1 aromatic heterocycles. The number of hydrogen-bond donors (Lipinski definition) is 1. The molecule has 0 aliphatic heterocycles. The van der Waals surface area contributed by atoms with Crippen LogP contribution in [-0.4, -0.2) is 45.4 Å². The van der Waals surface area contributed by atoms with E-state index in [4.69, 9.17) is 5.11 Å². The minimum absolute atomic E-state index is 0.0413. The standard InChI is InChI=1S/C11H19N3O2/c1-3-13(7-5-9-15)11(16)10(2)14-8-4-6-12-14/h4,6,8,10,15H,3,5,7,9H2,1-2H3. The van der Waals surface area contributed by atoms with Gasteiger partial charge in [0.25, 0.3) is 0 Å². The van der Waals surface area contributed by atoms with Crippen molar-refractivity contribution in [3.8, 4) is 0 Å². The molecule has 90 valence electrons. The lowest BCUT2D eigenvalue weighted by molar-refractivity contribution is -0.134. The summed E-state index contributed by atoms with van der Waals surface area (Å²) in [6.45, 7) is 5.13. The maximum atomic E-state index is 12.1. The molecule has 0 radical (unpaired) electrons. The molecule has 1 unspecified atom stereocenters. The Morgan fingerprint density at radius 2 is 2.38 bits per heavy atom. The third-order valence-electron chi connectivity index (χ3n) is 2.56. The number of likely N-dealkylation sites (N-methyl/N-ethyl adjacent to an activating group) is 1. The highest BCUT2D eigenvalue weighted by Gasteiger charge is 2.20. The van der Waals surface area contributed by atoms with Gasteiger partial charge in [0, 0.05) is 32.1 Å². The lowest BCUT2D eigenvalue weighted by Gasteiger charge is -2.24. The fourth-order valence-electron chi connectivity index (χ4n) is 1.57. The Bertz CT molecular complexity index is 311. The Labute approximate surface area is 95.7 Å². The molecule has 1 aromatic rings. The molecule has 0 aliphatic rings. The van der Waals surface area contributed by atoms with Crippen LogP contribution in [0.25, 0.3) is 0 Å². The van der Waals surface area contributed by atoms with Gasteiger partial charge >= 0.3 is 0 Å². The van der Waals surface area contributed by atoms with Crippen molar-refractivity contribution in [1.29, 1.82) is 0 Å². The van der Waals surface area contributed by atoms with Gasteiger partial charge < -0.3 is 10.0 Å². The van der Waals surface area contributed by atoms with Crippen LogP contribution in [0.1, 0.15) is 26.3 Å². The normalized spacial score (nSPS) is 12.4. The van der Waals surface area contributed by atoms with Crippen molar-refractivity contribution in [2.75, 3.05) is 19.7 Å². The van der Waals surface area contributed by atoms with E-state index in [0.717, 1.165) is 0 Å². The van der Waals surface area contributed by atoms with Gasteiger partial charge in [-0.3, -0.25) is 9.48 Å². The van der Waals surface area contributed by atoms with E-state index in [1.54, 1.807) is 28.0 Å². The first-order valence-corrected chi connectivity index (χ1v) is 5.59. The van der Waals surface area contributed by atoms with Crippen molar-refractivity contribution in [3.63, 3.8) is 0 Å². The number of amides is 1. The van der Waals surface area contributed by atoms with Crippen molar-refractivity contribution in [2.24, 2.45) is 0 Å². The average molecular weight is 225 g/mol. The second-order valence-electron chi connectivity index (χ2n) is 3.66. The fourth-order valence-corrected chi connectivity index (χ4v) is 1.57. The first kappa shape index (κ1) is 12.7. The molecule has 0 saturated carbocycles. The molecule has 16 heavy (non-hydrogen) atoms. The summed E-state index contributed by atoms with van der Waals surface area (Å²) in [5.41, 5.74) is 0. The molecule has 1 atom stereocenters. The predicted molar refractivity (Wildman–Crippen MR) is 60.9 cm³/mol. The molecule has 0 saturated heterocycles. The van der Waals surface area contributed by atoms with Crippen LogP contribution in [0, 0.1) is 0 Å². The maximum absolute atomic E-state index is 12.1. The van der Waals surface area contributed by atoms with Gasteiger partial charge in [-0.2, -0.15) is 5.10 Å². The fraction of sp³-hybridized carbons (Fsp3) is 0.636. The molecule has 0 bridgehead atoms. The predicted octanol–water partition coefficient (Wildman–Crippen LogP) is 0.675. The lowest BCUT2D eigenvalue weighted by Crippen LogP contribution is -2.37. The van der Waals surface area contributed by atoms with Crippen molar-refractivity contribution in [2.45, 2.75) is 26.3 Å². The van der Waals surface area contributed by atoms with Gasteiger partial charge in [0.15, 0.2) is 0 Å². The molecule has 5 nitrogen and oxygen atoms in total. The Hall–Kier alpha value is -1.36. The van der Waals surface area contributed by atoms with E-state index in [-0.39, 0.29) is 18.6 Å². The molecule has 5 heteroatoms. The van der Waals surface area contributed by atoms with Crippen LogP contribution < -0.4 is 0 Å².